The molecule has 1 aromatic rings. The Kier molecular flexibility index (Phi) is 4.12. The summed E-state index contributed by atoms with van der Waals surface area (Å²) in [6.07, 6.45) is 0. The van der Waals surface area contributed by atoms with Crippen LogP contribution in [0.3, 0.4) is 0 Å². The van der Waals surface area contributed by atoms with E-state index in [-0.39, 0.29) is 5.91 Å². The summed E-state index contributed by atoms with van der Waals surface area (Å²) in [4.78, 5) is 10.6. The lowest BCUT2D eigenvalue weighted by Crippen LogP contribution is -2.14. The zero-order valence-electron chi connectivity index (χ0n) is 8.34. The molecule has 0 saturated carbocycles. The van der Waals surface area contributed by atoms with Crippen molar-refractivity contribution in [3.8, 4) is 0 Å². The molecule has 0 radical (unpaired) electrons. The van der Waals surface area contributed by atoms with E-state index in [1.165, 1.54) is 6.92 Å². The molecule has 0 spiro atoms. The highest BCUT2D eigenvalue weighted by Gasteiger charge is 2.02. The van der Waals surface area contributed by atoms with Gasteiger partial charge in [-0.25, -0.2) is 5.43 Å². The van der Waals surface area contributed by atoms with E-state index in [1.54, 1.807) is 25.1 Å². The Morgan fingerprint density at radius 1 is 1.27 bits per heavy atom. The molecular weight excluding hydrogens is 235 g/mol. The molecule has 1 aromatic carbocycles. The van der Waals surface area contributed by atoms with Gasteiger partial charge in [0.05, 0.1) is 15.8 Å². The van der Waals surface area contributed by atoms with Gasteiger partial charge in [-0.15, -0.1) is 0 Å². The largest absolute Gasteiger partial charge is 0.274 e. The number of amides is 1. The van der Waals surface area contributed by atoms with Crippen LogP contribution in [0.25, 0.3) is 0 Å². The number of carbonyl (C=O) groups is 1. The van der Waals surface area contributed by atoms with Gasteiger partial charge >= 0.3 is 0 Å². The molecule has 3 nitrogen and oxygen atoms in total. The van der Waals surface area contributed by atoms with Crippen LogP contribution >= 0.6 is 23.2 Å². The second-order valence-corrected chi connectivity index (χ2v) is 3.81. The molecule has 0 aliphatic rings. The number of carbonyl (C=O) groups excluding carboxylic acids is 1. The van der Waals surface area contributed by atoms with Crippen LogP contribution in [-0.2, 0) is 4.79 Å². The second-order valence-electron chi connectivity index (χ2n) is 2.99. The van der Waals surface area contributed by atoms with Gasteiger partial charge < -0.3 is 0 Å². The molecule has 0 aliphatic carbocycles. The van der Waals surface area contributed by atoms with Crippen molar-refractivity contribution in [3.63, 3.8) is 0 Å². The molecule has 0 heterocycles. The maximum absolute atomic E-state index is 10.6. The van der Waals surface area contributed by atoms with Gasteiger partial charge in [0.15, 0.2) is 0 Å². The minimum Gasteiger partial charge on any atom is -0.274 e. The highest BCUT2D eigenvalue weighted by molar-refractivity contribution is 6.42. The van der Waals surface area contributed by atoms with Crippen LogP contribution < -0.4 is 5.43 Å². The molecule has 15 heavy (non-hydrogen) atoms. The summed E-state index contributed by atoms with van der Waals surface area (Å²) >= 11 is 11.6. The van der Waals surface area contributed by atoms with E-state index in [4.69, 9.17) is 23.2 Å². The average molecular weight is 245 g/mol. The van der Waals surface area contributed by atoms with Gasteiger partial charge in [-0.1, -0.05) is 29.3 Å². The molecule has 0 aliphatic heterocycles. The lowest BCUT2D eigenvalue weighted by Gasteiger charge is -2.02. The number of halogens is 2. The van der Waals surface area contributed by atoms with Gasteiger partial charge in [0.2, 0.25) is 5.91 Å². The van der Waals surface area contributed by atoms with Gasteiger partial charge in [-0.05, 0) is 24.6 Å². The molecule has 5 heteroatoms. The highest BCUT2D eigenvalue weighted by Crippen LogP contribution is 2.22. The molecule has 0 bridgehead atoms. The molecule has 0 atom stereocenters. The van der Waals surface area contributed by atoms with Gasteiger partial charge in [0.1, 0.15) is 0 Å². The van der Waals surface area contributed by atoms with E-state index in [9.17, 15) is 4.79 Å². The van der Waals surface area contributed by atoms with E-state index < -0.39 is 0 Å². The van der Waals surface area contributed by atoms with Gasteiger partial charge in [0.25, 0.3) is 0 Å². The van der Waals surface area contributed by atoms with Crippen molar-refractivity contribution in [2.24, 2.45) is 5.10 Å². The van der Waals surface area contributed by atoms with Crippen LogP contribution in [0.1, 0.15) is 19.4 Å². The topological polar surface area (TPSA) is 41.5 Å². The maximum Gasteiger partial charge on any atom is 0.236 e. The lowest BCUT2D eigenvalue weighted by molar-refractivity contribution is -0.118. The van der Waals surface area contributed by atoms with Crippen molar-refractivity contribution in [3.05, 3.63) is 33.8 Å². The Labute approximate surface area is 98.1 Å². The fraction of sp³-hybridized carbons (Fsp3) is 0.200. The molecule has 1 rings (SSSR count). The smallest absolute Gasteiger partial charge is 0.236 e. The van der Waals surface area contributed by atoms with Crippen LogP contribution in [0.4, 0.5) is 0 Å². The minimum absolute atomic E-state index is 0.214. The zero-order valence-corrected chi connectivity index (χ0v) is 9.86. The molecule has 0 aromatic heterocycles. The first kappa shape index (κ1) is 12.0. The number of nitrogens with zero attached hydrogens (tertiary/aromatic N) is 1. The predicted molar refractivity (Wildman–Crippen MR) is 62.5 cm³/mol. The van der Waals surface area contributed by atoms with Crippen LogP contribution in [0.5, 0.6) is 0 Å². The number of nitrogens with one attached hydrogen (secondary N) is 1. The van der Waals surface area contributed by atoms with Crippen molar-refractivity contribution in [1.29, 1.82) is 0 Å². The van der Waals surface area contributed by atoms with Gasteiger partial charge in [-0.2, -0.15) is 5.10 Å². The average Bonchev–Trinajstić information content (AvgIpc) is 2.18. The van der Waals surface area contributed by atoms with Crippen molar-refractivity contribution in [1.82, 2.24) is 5.43 Å². The van der Waals surface area contributed by atoms with E-state index >= 15 is 0 Å². The third-order valence-corrected chi connectivity index (χ3v) is 2.46. The summed E-state index contributed by atoms with van der Waals surface area (Å²) in [5.41, 5.74) is 3.84. The Morgan fingerprint density at radius 3 is 2.47 bits per heavy atom. The fourth-order valence-electron chi connectivity index (χ4n) is 0.948. The quantitative estimate of drug-likeness (QED) is 0.631. The summed E-state index contributed by atoms with van der Waals surface area (Å²) in [6, 6.07) is 5.17. The minimum atomic E-state index is -0.214. The van der Waals surface area contributed by atoms with E-state index in [0.717, 1.165) is 5.56 Å². The third kappa shape index (κ3) is 3.53. The molecular formula is C10H10Cl2N2O. The van der Waals surface area contributed by atoms with Crippen molar-refractivity contribution >= 4 is 34.8 Å². The van der Waals surface area contributed by atoms with E-state index in [2.05, 4.69) is 10.5 Å². The Hall–Kier alpha value is -1.06. The number of hydrogen-bond acceptors (Lipinski definition) is 2. The summed E-state index contributed by atoms with van der Waals surface area (Å²) < 4.78 is 0. The number of hydrazone groups is 1. The molecule has 0 unspecified atom stereocenters. The summed E-state index contributed by atoms with van der Waals surface area (Å²) in [5.74, 6) is -0.214. The number of benzene rings is 1. The Bertz CT molecular complexity index is 416. The SMILES string of the molecule is CC(=O)NN=C(C)c1ccc(Cl)c(Cl)c1. The van der Waals surface area contributed by atoms with Crippen molar-refractivity contribution in [2.75, 3.05) is 0 Å². The first-order valence-electron chi connectivity index (χ1n) is 4.27. The fourth-order valence-corrected chi connectivity index (χ4v) is 1.25. The summed E-state index contributed by atoms with van der Waals surface area (Å²) in [5, 5.41) is 4.84. The number of rotatable bonds is 2. The van der Waals surface area contributed by atoms with Gasteiger partial charge in [-0.3, -0.25) is 4.79 Å². The zero-order chi connectivity index (χ0) is 11.4. The molecule has 1 N–H and O–H groups in total. The summed E-state index contributed by atoms with van der Waals surface area (Å²) in [6.45, 7) is 3.17. The van der Waals surface area contributed by atoms with Crippen LogP contribution in [-0.4, -0.2) is 11.6 Å². The summed E-state index contributed by atoms with van der Waals surface area (Å²) in [7, 11) is 0. The molecule has 80 valence electrons. The Balaban J connectivity index is 2.91. The van der Waals surface area contributed by atoms with Crippen LogP contribution in [0, 0.1) is 0 Å². The maximum atomic E-state index is 10.6. The third-order valence-electron chi connectivity index (χ3n) is 1.72. The van der Waals surface area contributed by atoms with Crippen LogP contribution in [0.15, 0.2) is 23.3 Å². The monoisotopic (exact) mass is 244 g/mol. The Morgan fingerprint density at radius 2 is 1.93 bits per heavy atom. The molecule has 1 amide bonds. The highest BCUT2D eigenvalue weighted by atomic mass is 35.5. The predicted octanol–water partition coefficient (Wildman–Crippen LogP) is 2.85. The number of hydrogen-bond donors (Lipinski definition) is 1. The first-order chi connectivity index (χ1) is 7.00. The normalized spacial score (nSPS) is 11.3. The molecule has 0 saturated heterocycles. The van der Waals surface area contributed by atoms with E-state index in [1.807, 2.05) is 0 Å². The van der Waals surface area contributed by atoms with Crippen molar-refractivity contribution < 1.29 is 4.79 Å². The standard InChI is InChI=1S/C10H10Cl2N2O/c1-6(13-14-7(2)15)8-3-4-9(11)10(12)5-8/h3-5H,1-2H3,(H,14,15). The second kappa shape index (κ2) is 5.14. The lowest BCUT2D eigenvalue weighted by atomic mass is 10.1. The van der Waals surface area contributed by atoms with Gasteiger partial charge in [0, 0.05) is 6.92 Å². The first-order valence-corrected chi connectivity index (χ1v) is 5.02. The van der Waals surface area contributed by atoms with Crippen molar-refractivity contribution in [2.45, 2.75) is 13.8 Å². The van der Waals surface area contributed by atoms with E-state index in [0.29, 0.717) is 15.8 Å². The van der Waals surface area contributed by atoms with Crippen LogP contribution in [0.2, 0.25) is 10.0 Å². The molecule has 0 fully saturated rings.